The van der Waals surface area contributed by atoms with Crippen LogP contribution in [0.2, 0.25) is 10.0 Å². The van der Waals surface area contributed by atoms with Gasteiger partial charge in [0.2, 0.25) is 10.0 Å². The number of nitrogen functional groups attached to an aromatic ring is 1. The van der Waals surface area contributed by atoms with E-state index in [-0.39, 0.29) is 25.4 Å². The summed E-state index contributed by atoms with van der Waals surface area (Å²) in [7, 11) is -3.66. The first-order chi connectivity index (χ1) is 9.65. The first-order valence-corrected chi connectivity index (χ1v) is 9.71. The maximum atomic E-state index is 12.8. The molecule has 1 fully saturated rings. The van der Waals surface area contributed by atoms with Crippen molar-refractivity contribution in [2.75, 3.05) is 24.6 Å². The molecule has 0 amide bonds. The summed E-state index contributed by atoms with van der Waals surface area (Å²) >= 11 is 13.7. The standard InChI is InChI=1S/C13H18Cl2N2O2S2/c1-13(2)5-6-17(7-8-20-13)21(18,19)10-4-3-9(14)12(16)11(10)15/h3-4H,5-8,16H2,1-2H3. The van der Waals surface area contributed by atoms with E-state index in [4.69, 9.17) is 28.9 Å². The Morgan fingerprint density at radius 3 is 2.62 bits per heavy atom. The lowest BCUT2D eigenvalue weighted by atomic mass is 10.1. The Labute approximate surface area is 140 Å². The van der Waals surface area contributed by atoms with Crippen LogP contribution in [0.25, 0.3) is 0 Å². The Balaban J connectivity index is 2.37. The molecule has 0 aliphatic carbocycles. The molecule has 0 unspecified atom stereocenters. The Morgan fingerprint density at radius 2 is 1.95 bits per heavy atom. The molecule has 0 radical (unpaired) electrons. The van der Waals surface area contributed by atoms with Gasteiger partial charge in [-0.15, -0.1) is 0 Å². The predicted octanol–water partition coefficient (Wildman–Crippen LogP) is 3.48. The fourth-order valence-corrected chi connectivity index (χ4v) is 5.53. The van der Waals surface area contributed by atoms with Gasteiger partial charge in [0.15, 0.2) is 0 Å². The molecule has 8 heteroatoms. The van der Waals surface area contributed by atoms with Crippen LogP contribution < -0.4 is 5.73 Å². The molecule has 1 saturated heterocycles. The summed E-state index contributed by atoms with van der Waals surface area (Å²) in [5.74, 6) is 0.757. The Kier molecular flexibility index (Phi) is 5.05. The number of sulfonamides is 1. The molecule has 4 nitrogen and oxygen atoms in total. The van der Waals surface area contributed by atoms with E-state index in [1.807, 2.05) is 0 Å². The number of hydrogen-bond acceptors (Lipinski definition) is 4. The fraction of sp³-hybridized carbons (Fsp3) is 0.538. The van der Waals surface area contributed by atoms with Crippen molar-refractivity contribution in [1.82, 2.24) is 4.31 Å². The number of thioether (sulfide) groups is 1. The monoisotopic (exact) mass is 368 g/mol. The summed E-state index contributed by atoms with van der Waals surface area (Å²) in [4.78, 5) is 0.0239. The number of halogens is 2. The van der Waals surface area contributed by atoms with Crippen molar-refractivity contribution in [3.63, 3.8) is 0 Å². The first kappa shape index (κ1) is 17.2. The molecule has 118 valence electrons. The summed E-state index contributed by atoms with van der Waals surface area (Å²) in [6, 6.07) is 2.88. The van der Waals surface area contributed by atoms with Gasteiger partial charge in [0.05, 0.1) is 15.7 Å². The number of rotatable bonds is 2. The van der Waals surface area contributed by atoms with E-state index in [0.29, 0.717) is 13.1 Å². The van der Waals surface area contributed by atoms with Gasteiger partial charge in [-0.1, -0.05) is 37.0 Å². The van der Waals surface area contributed by atoms with Crippen molar-refractivity contribution in [3.8, 4) is 0 Å². The molecule has 0 saturated carbocycles. The lowest BCUT2D eigenvalue weighted by Gasteiger charge is -2.23. The van der Waals surface area contributed by atoms with Gasteiger partial charge in [-0.25, -0.2) is 8.42 Å². The third-order valence-electron chi connectivity index (χ3n) is 3.51. The second kappa shape index (κ2) is 6.16. The van der Waals surface area contributed by atoms with Crippen LogP contribution in [0, 0.1) is 0 Å². The normalized spacial score (nSPS) is 20.2. The van der Waals surface area contributed by atoms with Crippen molar-refractivity contribution < 1.29 is 8.42 Å². The third-order valence-corrected chi connectivity index (χ3v) is 7.67. The van der Waals surface area contributed by atoms with E-state index in [0.717, 1.165) is 12.2 Å². The zero-order valence-corrected chi connectivity index (χ0v) is 15.0. The van der Waals surface area contributed by atoms with Crippen LogP contribution in [0.3, 0.4) is 0 Å². The van der Waals surface area contributed by atoms with Crippen molar-refractivity contribution in [2.24, 2.45) is 0 Å². The van der Waals surface area contributed by atoms with Gasteiger partial charge in [0, 0.05) is 23.6 Å². The van der Waals surface area contributed by atoms with Gasteiger partial charge < -0.3 is 5.73 Å². The van der Waals surface area contributed by atoms with Crippen LogP contribution in [0.1, 0.15) is 20.3 Å². The van der Waals surface area contributed by atoms with Gasteiger partial charge in [-0.05, 0) is 18.6 Å². The fourth-order valence-electron chi connectivity index (χ4n) is 2.13. The Morgan fingerprint density at radius 1 is 1.29 bits per heavy atom. The predicted molar refractivity (Wildman–Crippen MR) is 90.8 cm³/mol. The molecule has 2 N–H and O–H groups in total. The highest BCUT2D eigenvalue weighted by Crippen LogP contribution is 2.37. The highest BCUT2D eigenvalue weighted by molar-refractivity contribution is 8.00. The highest BCUT2D eigenvalue weighted by Gasteiger charge is 2.32. The summed E-state index contributed by atoms with van der Waals surface area (Å²) in [5, 5.41) is 0.255. The minimum absolute atomic E-state index is 0.00124. The second-order valence-corrected chi connectivity index (χ2v) is 10.0. The molecule has 0 spiro atoms. The van der Waals surface area contributed by atoms with Crippen LogP contribution in [0.4, 0.5) is 5.69 Å². The first-order valence-electron chi connectivity index (χ1n) is 6.53. The molecule has 1 aliphatic heterocycles. The average Bonchev–Trinajstić information content (AvgIpc) is 2.57. The van der Waals surface area contributed by atoms with E-state index < -0.39 is 10.0 Å². The van der Waals surface area contributed by atoms with E-state index in [9.17, 15) is 8.42 Å². The molecule has 1 heterocycles. The van der Waals surface area contributed by atoms with E-state index in [1.54, 1.807) is 11.8 Å². The van der Waals surface area contributed by atoms with E-state index >= 15 is 0 Å². The molecule has 1 aromatic rings. The van der Waals surface area contributed by atoms with E-state index in [2.05, 4.69) is 13.8 Å². The zero-order chi connectivity index (χ0) is 15.8. The van der Waals surface area contributed by atoms with Gasteiger partial charge in [-0.3, -0.25) is 0 Å². The number of nitrogens with two attached hydrogens (primary N) is 1. The number of hydrogen-bond donors (Lipinski definition) is 1. The highest BCUT2D eigenvalue weighted by atomic mass is 35.5. The van der Waals surface area contributed by atoms with Crippen LogP contribution in [0.5, 0.6) is 0 Å². The molecule has 1 aliphatic rings. The number of anilines is 1. The Bertz CT molecular complexity index is 648. The average molecular weight is 369 g/mol. The van der Waals surface area contributed by atoms with Gasteiger partial charge in [0.1, 0.15) is 4.90 Å². The maximum Gasteiger partial charge on any atom is 0.244 e. The molecular weight excluding hydrogens is 351 g/mol. The minimum atomic E-state index is -3.66. The topological polar surface area (TPSA) is 63.4 Å². The molecule has 0 atom stereocenters. The van der Waals surface area contributed by atoms with Crippen LogP contribution >= 0.6 is 35.0 Å². The molecule has 2 rings (SSSR count). The maximum absolute atomic E-state index is 12.8. The van der Waals surface area contributed by atoms with Crippen molar-refractivity contribution in [2.45, 2.75) is 29.9 Å². The van der Waals surface area contributed by atoms with Crippen LogP contribution in [-0.4, -0.2) is 36.3 Å². The summed E-state index contributed by atoms with van der Waals surface area (Å²) in [5.41, 5.74) is 5.83. The second-order valence-electron chi connectivity index (χ2n) is 5.54. The lowest BCUT2D eigenvalue weighted by molar-refractivity contribution is 0.415. The largest absolute Gasteiger partial charge is 0.396 e. The number of nitrogens with zero attached hydrogens (tertiary/aromatic N) is 1. The summed E-state index contributed by atoms with van der Waals surface area (Å²) in [6.07, 6.45) is 0.789. The van der Waals surface area contributed by atoms with Crippen molar-refractivity contribution in [1.29, 1.82) is 0 Å². The van der Waals surface area contributed by atoms with Gasteiger partial charge in [0.25, 0.3) is 0 Å². The molecule has 0 aromatic heterocycles. The van der Waals surface area contributed by atoms with Crippen LogP contribution in [-0.2, 0) is 10.0 Å². The Hall–Kier alpha value is -0.140. The van der Waals surface area contributed by atoms with Crippen molar-refractivity contribution >= 4 is 50.7 Å². The number of benzene rings is 1. The molecule has 1 aromatic carbocycles. The zero-order valence-electron chi connectivity index (χ0n) is 11.9. The van der Waals surface area contributed by atoms with E-state index in [1.165, 1.54) is 16.4 Å². The summed E-state index contributed by atoms with van der Waals surface area (Å²) < 4.78 is 27.1. The minimum Gasteiger partial charge on any atom is -0.396 e. The van der Waals surface area contributed by atoms with Crippen LogP contribution in [0.15, 0.2) is 17.0 Å². The van der Waals surface area contributed by atoms with Gasteiger partial charge >= 0.3 is 0 Å². The van der Waals surface area contributed by atoms with Gasteiger partial charge in [-0.2, -0.15) is 16.1 Å². The SMILES string of the molecule is CC1(C)CCN(S(=O)(=O)c2ccc(Cl)c(N)c2Cl)CCS1. The van der Waals surface area contributed by atoms with Crippen molar-refractivity contribution in [3.05, 3.63) is 22.2 Å². The molecular formula is C13H18Cl2N2O2S2. The summed E-state index contributed by atoms with van der Waals surface area (Å²) in [6.45, 7) is 5.19. The molecule has 21 heavy (non-hydrogen) atoms. The smallest absolute Gasteiger partial charge is 0.244 e. The molecule has 0 bridgehead atoms. The third kappa shape index (κ3) is 3.62. The quantitative estimate of drug-likeness (QED) is 0.811. The lowest BCUT2D eigenvalue weighted by Crippen LogP contribution is -2.34.